The van der Waals surface area contributed by atoms with Gasteiger partial charge in [0.1, 0.15) is 5.69 Å². The minimum absolute atomic E-state index is 0.000405. The Kier molecular flexibility index (Phi) is 21.4. The number of aryl methyl sites for hydroxylation is 2. The summed E-state index contributed by atoms with van der Waals surface area (Å²) in [6.45, 7) is 9.75. The predicted octanol–water partition coefficient (Wildman–Crippen LogP) is 6.06. The van der Waals surface area contributed by atoms with E-state index in [2.05, 4.69) is 36.8 Å². The molecular weight excluding hydrogens is 979 g/mol. The van der Waals surface area contributed by atoms with E-state index in [9.17, 15) is 54.7 Å². The molecule has 4 aromatic heterocycles. The van der Waals surface area contributed by atoms with Crippen molar-refractivity contribution < 1.29 is 44.5 Å². The van der Waals surface area contributed by atoms with Crippen LogP contribution in [-0.4, -0.2) is 63.4 Å². The number of carbonyl (C=O) groups is 2. The molecule has 6 rings (SSSR count). The topological polar surface area (TPSA) is 289 Å². The van der Waals surface area contributed by atoms with Crippen molar-refractivity contribution in [1.29, 1.82) is 10.5 Å². The maximum atomic E-state index is 13.6. The van der Waals surface area contributed by atoms with Gasteiger partial charge in [-0.2, -0.15) is 46.5 Å². The number of nitrogens with one attached hydrogen (secondary N) is 3. The molecule has 0 fully saturated rings. The van der Waals surface area contributed by atoms with Gasteiger partial charge in [0.2, 0.25) is 35.4 Å². The van der Waals surface area contributed by atoms with Crippen LogP contribution in [0.15, 0.2) is 92.0 Å². The standard InChI is InChI=1S/C24H20F2N4O3.C18H17N3O3.C7H7F2NO3S.BO/c1-13(2)20-21(22(31)17-8-14(3)7-15(9-17)5-4-6-27)30(24(33)29-23(20)32)12-16-10-18(25)28-19(26)11-16;1-10(2)14-15(20-18(24)21-17(14)23)16(22)13-8-11(3)7-12(9-13)5-4-6-19;1-14(11,12)13-4-5-2-6(8)10-7(9)3-5;1-2/h4-5,7-11,13H,12H2,1-3H3,(H,29,32,33);4-5,7-10H,1-3H3,(H2,20,21,23,24);2-3H,4H2,1H3;/b2*5-4+;;. The van der Waals surface area contributed by atoms with E-state index >= 15 is 0 Å². The number of aromatic amines is 3. The van der Waals surface area contributed by atoms with Crippen LogP contribution in [0.1, 0.15) is 116 Å². The zero-order valence-corrected chi connectivity index (χ0v) is 40.8. The van der Waals surface area contributed by atoms with Crippen molar-refractivity contribution in [2.75, 3.05) is 6.26 Å². The van der Waals surface area contributed by atoms with Gasteiger partial charge in [0.25, 0.3) is 21.2 Å². The van der Waals surface area contributed by atoms with Crippen LogP contribution in [0.25, 0.3) is 12.2 Å². The van der Waals surface area contributed by atoms with Crippen LogP contribution in [0, 0.1) is 60.3 Å². The third-order valence-electron chi connectivity index (χ3n) is 9.66. The monoisotopic (exact) mass is 1020 g/mol. The predicted molar refractivity (Wildman–Crippen MR) is 259 cm³/mol. The Hall–Kier alpha value is -8.61. The van der Waals surface area contributed by atoms with E-state index in [1.165, 1.54) is 24.3 Å². The molecular formula is C49H44BF4N8O10S. The maximum absolute atomic E-state index is 13.6. The first-order valence-corrected chi connectivity index (χ1v) is 23.0. The number of ketones is 2. The number of allylic oxidation sites excluding steroid dienone is 2. The molecule has 18 nitrogen and oxygen atoms in total. The Morgan fingerprint density at radius 1 is 0.685 bits per heavy atom. The van der Waals surface area contributed by atoms with Crippen LogP contribution in [0.5, 0.6) is 0 Å². The van der Waals surface area contributed by atoms with Gasteiger partial charge in [-0.3, -0.25) is 37.9 Å². The number of halogens is 4. The quantitative estimate of drug-likeness (QED) is 0.0296. The van der Waals surface area contributed by atoms with Crippen molar-refractivity contribution in [1.82, 2.24) is 29.5 Å². The van der Waals surface area contributed by atoms with Gasteiger partial charge in [-0.05, 0) is 120 Å². The van der Waals surface area contributed by atoms with E-state index in [1.807, 2.05) is 25.1 Å². The summed E-state index contributed by atoms with van der Waals surface area (Å²) in [6, 6.07) is 17.5. The Bertz CT molecular complexity index is 3520. The summed E-state index contributed by atoms with van der Waals surface area (Å²) in [7, 11) is -0.363. The molecule has 0 aliphatic rings. The second kappa shape index (κ2) is 26.6. The van der Waals surface area contributed by atoms with Gasteiger partial charge in [-0.15, -0.1) is 0 Å². The van der Waals surface area contributed by atoms with Crippen LogP contribution in [0.3, 0.4) is 0 Å². The van der Waals surface area contributed by atoms with Gasteiger partial charge in [0.15, 0.2) is 0 Å². The number of pyridine rings is 2. The van der Waals surface area contributed by atoms with E-state index in [0.717, 1.165) is 46.2 Å². The number of carbonyl (C=O) groups excluding carboxylic acids is 2. The molecule has 1 radical (unpaired) electrons. The average molecular weight is 1020 g/mol. The Morgan fingerprint density at radius 3 is 1.56 bits per heavy atom. The molecule has 6 aromatic rings. The normalized spacial score (nSPS) is 10.9. The molecule has 0 aliphatic heterocycles. The van der Waals surface area contributed by atoms with Gasteiger partial charge in [-0.25, -0.2) is 9.59 Å². The van der Waals surface area contributed by atoms with E-state index in [-0.39, 0.29) is 51.7 Å². The van der Waals surface area contributed by atoms with Crippen LogP contribution < -0.4 is 22.5 Å². The number of rotatable bonds is 13. The molecule has 24 heteroatoms. The summed E-state index contributed by atoms with van der Waals surface area (Å²) in [4.78, 5) is 88.1. The molecule has 0 aliphatic carbocycles. The van der Waals surface area contributed by atoms with Gasteiger partial charge in [0.05, 0.1) is 37.2 Å². The molecule has 4 heterocycles. The van der Waals surface area contributed by atoms with Crippen molar-refractivity contribution in [3.05, 3.63) is 205 Å². The second-order valence-electron chi connectivity index (χ2n) is 16.2. The Labute approximate surface area is 415 Å². The molecule has 0 unspecified atom stereocenters. The number of aromatic nitrogens is 6. The number of nitriles is 2. The summed E-state index contributed by atoms with van der Waals surface area (Å²) in [5.41, 5.74) is 0.772. The molecule has 2 aromatic carbocycles. The minimum atomic E-state index is -3.61. The van der Waals surface area contributed by atoms with E-state index in [4.69, 9.17) is 15.2 Å². The van der Waals surface area contributed by atoms with Crippen LogP contribution in [-0.2, 0) is 32.2 Å². The fraction of sp³-hybridized carbons (Fsp3) is 0.224. The average Bonchev–Trinajstić information content (AvgIpc) is 3.29. The number of benzene rings is 2. The fourth-order valence-electron chi connectivity index (χ4n) is 6.93. The van der Waals surface area contributed by atoms with Gasteiger partial charge in [-0.1, -0.05) is 39.8 Å². The van der Waals surface area contributed by atoms with Crippen LogP contribution in [0.2, 0.25) is 0 Å². The van der Waals surface area contributed by atoms with Gasteiger partial charge >= 0.3 is 23.8 Å². The first-order valence-electron chi connectivity index (χ1n) is 21.2. The number of hydrogen-bond donors (Lipinski definition) is 3. The fourth-order valence-corrected chi connectivity index (χ4v) is 7.28. The van der Waals surface area contributed by atoms with Crippen molar-refractivity contribution >= 4 is 41.6 Å². The summed E-state index contributed by atoms with van der Waals surface area (Å²) in [6.07, 6.45) is 6.55. The summed E-state index contributed by atoms with van der Waals surface area (Å²) in [5, 5.41) is 17.4. The van der Waals surface area contributed by atoms with Gasteiger partial charge in [0, 0.05) is 34.4 Å². The zero-order valence-electron chi connectivity index (χ0n) is 40.0. The molecule has 0 spiro atoms. The molecule has 377 valence electrons. The number of H-pyrrole nitrogens is 3. The van der Waals surface area contributed by atoms with E-state index in [1.54, 1.807) is 65.0 Å². The Balaban J connectivity index is 0.000000307. The molecule has 3 N–H and O–H groups in total. The first kappa shape index (κ1) is 58.7. The SMILES string of the molecule is CS(=O)(=O)OCc1cc(F)nc(F)c1.Cc1cc(/C=C/C#N)cc(C(=O)c2[nH]c(=O)[nH]c(=O)c2C(C)C)c1.Cc1cc(/C=C/C#N)cc(C(=O)c2c(C(C)C)c(=O)[nH]c(=O)n2Cc2cc(F)nc(F)c2)c1.[B]=O. The third kappa shape index (κ3) is 17.3. The third-order valence-corrected chi connectivity index (χ3v) is 10.2. The van der Waals surface area contributed by atoms with Crippen molar-refractivity contribution in [2.45, 2.75) is 66.5 Å². The van der Waals surface area contributed by atoms with Crippen molar-refractivity contribution in [3.63, 3.8) is 0 Å². The van der Waals surface area contributed by atoms with Crippen LogP contribution in [0.4, 0.5) is 17.6 Å². The van der Waals surface area contributed by atoms with Crippen LogP contribution >= 0.6 is 0 Å². The second-order valence-corrected chi connectivity index (χ2v) is 17.8. The molecule has 0 atom stereocenters. The van der Waals surface area contributed by atoms with Crippen molar-refractivity contribution in [2.24, 2.45) is 0 Å². The summed E-state index contributed by atoms with van der Waals surface area (Å²) >= 11 is 0. The first-order chi connectivity index (χ1) is 34.3. The van der Waals surface area contributed by atoms with E-state index in [0.29, 0.717) is 16.7 Å². The van der Waals surface area contributed by atoms with Crippen molar-refractivity contribution in [3.8, 4) is 12.1 Å². The van der Waals surface area contributed by atoms with E-state index < -0.39 is 80.5 Å². The molecule has 0 bridgehead atoms. The molecule has 0 saturated heterocycles. The zero-order chi connectivity index (χ0) is 54.9. The van der Waals surface area contributed by atoms with Gasteiger partial charge < -0.3 is 4.98 Å². The molecule has 0 saturated carbocycles. The number of nitrogens with zero attached hydrogens (tertiary/aromatic N) is 5. The number of hydrogen-bond acceptors (Lipinski definition) is 14. The molecule has 0 amide bonds. The summed E-state index contributed by atoms with van der Waals surface area (Å²) < 4.78 is 86.4. The Morgan fingerprint density at radius 2 is 1.12 bits per heavy atom. The molecule has 73 heavy (non-hydrogen) atoms. The summed E-state index contributed by atoms with van der Waals surface area (Å²) in [5.74, 6) is -5.89.